The van der Waals surface area contributed by atoms with E-state index < -0.39 is 57.9 Å². The molecule has 0 spiro atoms. The van der Waals surface area contributed by atoms with Gasteiger partial charge in [0.25, 0.3) is 5.91 Å². The topological polar surface area (TPSA) is 171 Å². The summed E-state index contributed by atoms with van der Waals surface area (Å²) < 4.78 is 0. The van der Waals surface area contributed by atoms with Gasteiger partial charge < -0.3 is 26.2 Å². The van der Waals surface area contributed by atoms with Crippen molar-refractivity contribution in [3.05, 3.63) is 64.1 Å². The molecule has 3 aliphatic carbocycles. The minimum Gasteiger partial charge on any atom is -0.508 e. The van der Waals surface area contributed by atoms with Crippen LogP contribution in [0.5, 0.6) is 5.75 Å². The zero-order chi connectivity index (χ0) is 27.0. The Kier molecular flexibility index (Phi) is 5.52. The average molecular weight is 505 g/mol. The highest BCUT2D eigenvalue weighted by Crippen LogP contribution is 2.55. The Hall–Kier alpha value is -3.98. The van der Waals surface area contributed by atoms with Crippen LogP contribution in [-0.4, -0.2) is 48.5 Å². The second-order valence-corrected chi connectivity index (χ2v) is 10.5. The molecule has 1 saturated carbocycles. The Morgan fingerprint density at radius 2 is 1.86 bits per heavy atom. The first kappa shape index (κ1) is 24.7. The molecule has 37 heavy (non-hydrogen) atoms. The Labute approximate surface area is 213 Å². The molecule has 0 saturated heterocycles. The number of aliphatic hydroxyl groups excluding tert-OH is 2. The molecule has 3 aliphatic rings. The molecule has 1 fully saturated rings. The van der Waals surface area contributed by atoms with Crippen LogP contribution in [0.3, 0.4) is 0 Å². The third-order valence-corrected chi connectivity index (χ3v) is 8.04. The van der Waals surface area contributed by atoms with Gasteiger partial charge in [0.2, 0.25) is 5.78 Å². The van der Waals surface area contributed by atoms with Crippen molar-refractivity contribution in [2.45, 2.75) is 39.2 Å². The molecule has 0 unspecified atom stereocenters. The highest BCUT2D eigenvalue weighted by molar-refractivity contribution is 6.23. The summed E-state index contributed by atoms with van der Waals surface area (Å²) in [7, 11) is 0. The molecule has 1 heterocycles. The predicted molar refractivity (Wildman–Crippen MR) is 133 cm³/mol. The van der Waals surface area contributed by atoms with Gasteiger partial charge in [-0.25, -0.2) is 0 Å². The van der Waals surface area contributed by atoms with Crippen LogP contribution in [0.15, 0.2) is 47.4 Å². The molecule has 0 radical (unpaired) electrons. The van der Waals surface area contributed by atoms with Crippen molar-refractivity contribution in [1.29, 1.82) is 0 Å². The van der Waals surface area contributed by atoms with E-state index in [0.717, 1.165) is 5.56 Å². The molecular weight excluding hydrogens is 476 g/mol. The molecule has 1 amide bonds. The lowest BCUT2D eigenvalue weighted by Gasteiger charge is -2.50. The number of aryl methyl sites for hydroxylation is 1. The number of aromatic hydroxyl groups is 1. The summed E-state index contributed by atoms with van der Waals surface area (Å²) in [5, 5.41) is 44.6. The lowest BCUT2D eigenvalue weighted by Crippen LogP contribution is -2.62. The number of rotatable bonds is 3. The van der Waals surface area contributed by atoms with E-state index >= 15 is 0 Å². The van der Waals surface area contributed by atoms with E-state index in [9.17, 15) is 34.8 Å². The van der Waals surface area contributed by atoms with E-state index in [1.165, 1.54) is 6.07 Å². The molecule has 0 aliphatic heterocycles. The van der Waals surface area contributed by atoms with Gasteiger partial charge in [0.05, 0.1) is 11.3 Å². The summed E-state index contributed by atoms with van der Waals surface area (Å²) in [6.07, 6.45) is 1.95. The first-order valence-electron chi connectivity index (χ1n) is 12.2. The molecule has 2 aromatic rings. The van der Waals surface area contributed by atoms with Crippen molar-refractivity contribution < 1.29 is 34.8 Å². The highest BCUT2D eigenvalue weighted by atomic mass is 16.3. The number of nitrogens with zero attached hydrogens (tertiary/aromatic N) is 1. The fourth-order valence-electron chi connectivity index (χ4n) is 6.41. The number of phenols is 1. The smallest absolute Gasteiger partial charge is 0.255 e. The Morgan fingerprint density at radius 1 is 1.16 bits per heavy atom. The largest absolute Gasteiger partial charge is 0.508 e. The van der Waals surface area contributed by atoms with Crippen molar-refractivity contribution >= 4 is 23.2 Å². The lowest BCUT2D eigenvalue weighted by molar-refractivity contribution is -0.155. The van der Waals surface area contributed by atoms with Crippen LogP contribution in [0.4, 0.5) is 0 Å². The Morgan fingerprint density at radius 3 is 2.49 bits per heavy atom. The molecule has 1 aromatic heterocycles. The van der Waals surface area contributed by atoms with Gasteiger partial charge >= 0.3 is 0 Å². The standard InChI is InChI=1S/C28H28N2O7/c1-11(2)19-16-10-13-9-15-14(17-8-12(3)6-7-30-17)4-5-18(31)21(15)24(33)20(13)25(34)28(16,37)26(35)22(23(19)32)27(29)36/h4-8,11,13,16,19,31,33,35,37H,9-10H2,1-3H3,(H2,29,36)/t13-,16-,19-,28-/m0/s1. The highest BCUT2D eigenvalue weighted by Gasteiger charge is 2.64. The summed E-state index contributed by atoms with van der Waals surface area (Å²) in [4.78, 5) is 43.6. The maximum atomic E-state index is 13.9. The van der Waals surface area contributed by atoms with Crippen LogP contribution in [0.25, 0.3) is 17.0 Å². The van der Waals surface area contributed by atoms with Crippen molar-refractivity contribution in [1.82, 2.24) is 4.98 Å². The molecule has 1 aromatic carbocycles. The van der Waals surface area contributed by atoms with Gasteiger partial charge in [-0.05, 0) is 67.0 Å². The maximum Gasteiger partial charge on any atom is 0.255 e. The van der Waals surface area contributed by atoms with E-state index in [4.69, 9.17) is 5.73 Å². The predicted octanol–water partition coefficient (Wildman–Crippen LogP) is 2.68. The van der Waals surface area contributed by atoms with Crippen molar-refractivity contribution in [3.8, 4) is 17.0 Å². The summed E-state index contributed by atoms with van der Waals surface area (Å²) in [6.45, 7) is 5.38. The monoisotopic (exact) mass is 504 g/mol. The van der Waals surface area contributed by atoms with Gasteiger partial charge in [0, 0.05) is 29.2 Å². The number of pyridine rings is 1. The molecule has 9 heteroatoms. The van der Waals surface area contributed by atoms with Crippen LogP contribution >= 0.6 is 0 Å². The first-order valence-corrected chi connectivity index (χ1v) is 12.2. The number of primary amides is 1. The number of carbonyl (C=O) groups is 3. The van der Waals surface area contributed by atoms with Crippen molar-refractivity contribution in [2.75, 3.05) is 0 Å². The second-order valence-electron chi connectivity index (χ2n) is 10.5. The SMILES string of the molecule is Cc1ccnc(-c2ccc(O)c3c2C[C@H]2C[C@H]4[C@H](C(C)C)C(=O)C(C(N)=O)=C(O)[C@@]4(O)C(=O)C2=C3O)c1. The van der Waals surface area contributed by atoms with Crippen LogP contribution in [0.2, 0.25) is 0 Å². The molecule has 192 valence electrons. The summed E-state index contributed by atoms with van der Waals surface area (Å²) in [5.74, 6) is -7.82. The van der Waals surface area contributed by atoms with E-state index in [1.807, 2.05) is 19.1 Å². The quantitative estimate of drug-likeness (QED) is 0.397. The van der Waals surface area contributed by atoms with Gasteiger partial charge in [0.15, 0.2) is 11.4 Å². The zero-order valence-electron chi connectivity index (χ0n) is 20.6. The molecule has 4 atom stereocenters. The summed E-state index contributed by atoms with van der Waals surface area (Å²) in [6, 6.07) is 6.82. The number of hydrogen-bond acceptors (Lipinski definition) is 8. The van der Waals surface area contributed by atoms with E-state index in [0.29, 0.717) is 16.8 Å². The van der Waals surface area contributed by atoms with Crippen LogP contribution < -0.4 is 5.73 Å². The number of ketones is 2. The minimum atomic E-state index is -2.62. The number of Topliss-reactive ketones (excluding diaryl/α,β-unsaturated/α-hetero) is 2. The average Bonchev–Trinajstić information content (AvgIpc) is 2.81. The molecule has 0 bridgehead atoms. The Balaban J connectivity index is 1.75. The third-order valence-electron chi connectivity index (χ3n) is 8.04. The normalized spacial score (nSPS) is 27.2. The van der Waals surface area contributed by atoms with Crippen molar-refractivity contribution in [2.24, 2.45) is 29.4 Å². The third kappa shape index (κ3) is 3.33. The molecular formula is C28H28N2O7. The number of amides is 1. The number of aliphatic hydroxyl groups is 3. The van der Waals surface area contributed by atoms with Crippen molar-refractivity contribution in [3.63, 3.8) is 0 Å². The first-order chi connectivity index (χ1) is 17.4. The number of phenolic OH excluding ortho intramolecular Hbond substituents is 1. The summed E-state index contributed by atoms with van der Waals surface area (Å²) >= 11 is 0. The number of hydrogen-bond donors (Lipinski definition) is 5. The minimum absolute atomic E-state index is 0.0494. The van der Waals surface area contributed by atoms with Gasteiger partial charge in [-0.2, -0.15) is 0 Å². The fourth-order valence-corrected chi connectivity index (χ4v) is 6.41. The zero-order valence-corrected chi connectivity index (χ0v) is 20.6. The van der Waals surface area contributed by atoms with Gasteiger partial charge in [-0.1, -0.05) is 13.8 Å². The second kappa shape index (κ2) is 8.27. The van der Waals surface area contributed by atoms with Crippen LogP contribution in [0, 0.1) is 30.6 Å². The van der Waals surface area contributed by atoms with Gasteiger partial charge in [0.1, 0.15) is 22.8 Å². The number of carbonyl (C=O) groups excluding carboxylic acids is 3. The van der Waals surface area contributed by atoms with Crippen LogP contribution in [0.1, 0.15) is 37.0 Å². The number of fused-ring (bicyclic) bond motifs is 3. The molecule has 9 nitrogen and oxygen atoms in total. The summed E-state index contributed by atoms with van der Waals surface area (Å²) in [5.41, 5.74) is 4.69. The number of nitrogens with two attached hydrogens (primary N) is 1. The van der Waals surface area contributed by atoms with E-state index in [-0.39, 0.29) is 35.6 Å². The van der Waals surface area contributed by atoms with E-state index in [2.05, 4.69) is 4.98 Å². The Bertz CT molecular complexity index is 1450. The van der Waals surface area contributed by atoms with Gasteiger partial charge in [-0.3, -0.25) is 19.4 Å². The molecule has 6 N–H and O–H groups in total. The van der Waals surface area contributed by atoms with Crippen LogP contribution in [-0.2, 0) is 20.8 Å². The molecule has 5 rings (SSSR count). The number of aromatic nitrogens is 1. The maximum absolute atomic E-state index is 13.9. The lowest BCUT2D eigenvalue weighted by atomic mass is 9.54. The van der Waals surface area contributed by atoms with Gasteiger partial charge in [-0.15, -0.1) is 0 Å². The number of benzene rings is 1. The van der Waals surface area contributed by atoms with E-state index in [1.54, 1.807) is 26.1 Å². The fraction of sp³-hybridized carbons (Fsp3) is 0.357.